The van der Waals surface area contributed by atoms with E-state index in [-0.39, 0.29) is 17.9 Å². The summed E-state index contributed by atoms with van der Waals surface area (Å²) in [5, 5.41) is -0.0825. The van der Waals surface area contributed by atoms with E-state index in [1.807, 2.05) is 0 Å². The third kappa shape index (κ3) is 12.0. The zero-order valence-corrected chi connectivity index (χ0v) is 15.8. The third-order valence-corrected chi connectivity index (χ3v) is 3.79. The van der Waals surface area contributed by atoms with E-state index in [0.717, 1.165) is 12.8 Å². The number of thiocarbonyl (C=S) groups is 1. The molecule has 0 aromatic rings. The van der Waals surface area contributed by atoms with E-state index in [2.05, 4.69) is 4.74 Å². The van der Waals surface area contributed by atoms with Crippen molar-refractivity contribution in [2.45, 2.75) is 63.5 Å². The number of rotatable bonds is 13. The normalized spacial score (nSPS) is 12.9. The molecule has 0 fully saturated rings. The molecule has 0 heterocycles. The molecule has 0 bridgehead atoms. The van der Waals surface area contributed by atoms with Gasteiger partial charge in [-0.3, -0.25) is 4.79 Å². The van der Waals surface area contributed by atoms with E-state index in [9.17, 15) is 14.4 Å². The fourth-order valence-electron chi connectivity index (χ4n) is 1.93. The van der Waals surface area contributed by atoms with Gasteiger partial charge < -0.3 is 32.4 Å². The van der Waals surface area contributed by atoms with Crippen LogP contribution in [-0.4, -0.2) is 48.1 Å². The summed E-state index contributed by atoms with van der Waals surface area (Å²) in [6.45, 7) is 1.03. The molecule has 0 aromatic carbocycles. The lowest BCUT2D eigenvalue weighted by atomic mass is 10.1. The first-order valence-corrected chi connectivity index (χ1v) is 9.13. The van der Waals surface area contributed by atoms with E-state index in [1.165, 1.54) is 0 Å². The fourth-order valence-corrected chi connectivity index (χ4v) is 2.12. The predicted octanol–water partition coefficient (Wildman–Crippen LogP) is -0.380. The summed E-state index contributed by atoms with van der Waals surface area (Å²) in [6, 6.07) is -1.67. The van der Waals surface area contributed by atoms with Crippen molar-refractivity contribution in [3.63, 3.8) is 0 Å². The summed E-state index contributed by atoms with van der Waals surface area (Å²) in [7, 11) is 0. The molecular weight excluding hydrogens is 360 g/mol. The molecule has 0 aliphatic rings. The lowest BCUT2D eigenvalue weighted by molar-refractivity contribution is -0.160. The van der Waals surface area contributed by atoms with Crippen molar-refractivity contribution >= 4 is 35.2 Å². The summed E-state index contributed by atoms with van der Waals surface area (Å²) in [6.07, 6.45) is 3.48. The summed E-state index contributed by atoms with van der Waals surface area (Å²) in [5.74, 6) is -2.23. The van der Waals surface area contributed by atoms with Crippen molar-refractivity contribution in [1.82, 2.24) is 0 Å². The Balaban J connectivity index is 4.04. The first kappa shape index (κ1) is 24.5. The molecule has 10 heteroatoms. The van der Waals surface area contributed by atoms with E-state index in [1.54, 1.807) is 0 Å². The van der Waals surface area contributed by atoms with E-state index in [4.69, 9.17) is 39.9 Å². The maximum absolute atomic E-state index is 11.7. The fraction of sp³-hybridized carbons (Fsp3) is 0.750. The maximum atomic E-state index is 11.7. The highest BCUT2D eigenvalue weighted by molar-refractivity contribution is 7.80. The Morgan fingerprint density at radius 3 is 1.69 bits per heavy atom. The van der Waals surface area contributed by atoms with Crippen molar-refractivity contribution in [3.05, 3.63) is 0 Å². The van der Waals surface area contributed by atoms with Crippen LogP contribution >= 0.6 is 12.2 Å². The average molecular weight is 391 g/mol. The Bertz CT molecular complexity index is 434. The highest BCUT2D eigenvalue weighted by Gasteiger charge is 2.20. The van der Waals surface area contributed by atoms with Gasteiger partial charge in [-0.25, -0.2) is 9.59 Å². The summed E-state index contributed by atoms with van der Waals surface area (Å²) in [4.78, 5) is 35.0. The monoisotopic (exact) mass is 390 g/mol. The van der Waals surface area contributed by atoms with Gasteiger partial charge in [0.25, 0.3) is 0 Å². The molecule has 0 unspecified atom stereocenters. The lowest BCUT2D eigenvalue weighted by Gasteiger charge is -2.12. The van der Waals surface area contributed by atoms with Crippen LogP contribution in [0.3, 0.4) is 0 Å². The molecule has 8 N–H and O–H groups in total. The zero-order chi connectivity index (χ0) is 19.9. The topological polar surface area (TPSA) is 174 Å². The van der Waals surface area contributed by atoms with E-state index in [0.29, 0.717) is 38.8 Å². The molecule has 0 amide bonds. The van der Waals surface area contributed by atoms with Gasteiger partial charge in [0, 0.05) is 6.42 Å². The number of carbonyl (C=O) groups is 3. The van der Waals surface area contributed by atoms with Gasteiger partial charge >= 0.3 is 17.9 Å². The number of hydrogen-bond donors (Lipinski definition) is 4. The highest BCUT2D eigenvalue weighted by Crippen LogP contribution is 2.05. The molecule has 26 heavy (non-hydrogen) atoms. The molecule has 2 atom stereocenters. The first-order valence-electron chi connectivity index (χ1n) is 8.72. The minimum Gasteiger partial charge on any atom is -0.418 e. The standard InChI is InChI=1S/C16H30N4O5S/c17-9-3-1-5-11(19)15(22)24-13(21)7-8-14(26)25-16(23)12(20)6-2-4-10-18/h11-12H,1-10,17-20H2/t11-,12-/m0/s1. The number of carbonyl (C=O) groups excluding carboxylic acids is 3. The lowest BCUT2D eigenvalue weighted by Crippen LogP contribution is -2.34. The van der Waals surface area contributed by atoms with Gasteiger partial charge in [0.1, 0.15) is 12.1 Å². The smallest absolute Gasteiger partial charge is 0.330 e. The quantitative estimate of drug-likeness (QED) is 0.140. The second-order valence-electron chi connectivity index (χ2n) is 5.87. The van der Waals surface area contributed by atoms with Crippen molar-refractivity contribution in [2.75, 3.05) is 13.1 Å². The Kier molecular flexibility index (Phi) is 13.9. The molecule has 0 saturated heterocycles. The molecule has 0 radical (unpaired) electrons. The minimum atomic E-state index is -0.873. The van der Waals surface area contributed by atoms with Crippen molar-refractivity contribution in [2.24, 2.45) is 22.9 Å². The van der Waals surface area contributed by atoms with Crippen LogP contribution in [-0.2, 0) is 23.9 Å². The van der Waals surface area contributed by atoms with Crippen LogP contribution in [0.1, 0.15) is 51.4 Å². The van der Waals surface area contributed by atoms with Gasteiger partial charge in [0.05, 0.1) is 6.42 Å². The van der Waals surface area contributed by atoms with Crippen LogP contribution in [0.25, 0.3) is 0 Å². The summed E-state index contributed by atoms with van der Waals surface area (Å²) in [5.41, 5.74) is 22.0. The molecule has 0 rings (SSSR count). The Hall–Kier alpha value is -1.46. The largest absolute Gasteiger partial charge is 0.418 e. The van der Waals surface area contributed by atoms with Crippen LogP contribution in [0.2, 0.25) is 0 Å². The molecule has 0 aliphatic heterocycles. The molecule has 0 aromatic heterocycles. The zero-order valence-electron chi connectivity index (χ0n) is 15.0. The van der Waals surface area contributed by atoms with Gasteiger partial charge in [-0.05, 0) is 51.0 Å². The summed E-state index contributed by atoms with van der Waals surface area (Å²) < 4.78 is 9.56. The predicted molar refractivity (Wildman–Crippen MR) is 101 cm³/mol. The average Bonchev–Trinajstić information content (AvgIpc) is 2.60. The van der Waals surface area contributed by atoms with Gasteiger partial charge in [-0.1, -0.05) is 12.8 Å². The van der Waals surface area contributed by atoms with Crippen LogP contribution in [0.4, 0.5) is 0 Å². The second-order valence-corrected chi connectivity index (χ2v) is 6.32. The SMILES string of the molecule is NCCCC[C@H](N)C(=O)OC(=O)CCC(=S)OC(=O)[C@@H](N)CCCCN. The van der Waals surface area contributed by atoms with E-state index >= 15 is 0 Å². The van der Waals surface area contributed by atoms with Crippen molar-refractivity contribution in [3.8, 4) is 0 Å². The molecule has 0 spiro atoms. The second kappa shape index (κ2) is 14.7. The minimum absolute atomic E-state index is 0.0366. The summed E-state index contributed by atoms with van der Waals surface area (Å²) >= 11 is 4.89. The molecule has 150 valence electrons. The van der Waals surface area contributed by atoms with Gasteiger partial charge in [-0.2, -0.15) is 0 Å². The maximum Gasteiger partial charge on any atom is 0.330 e. The number of hydrogen-bond acceptors (Lipinski definition) is 10. The van der Waals surface area contributed by atoms with Crippen LogP contribution in [0.5, 0.6) is 0 Å². The third-order valence-electron chi connectivity index (χ3n) is 3.51. The highest BCUT2D eigenvalue weighted by atomic mass is 32.1. The van der Waals surface area contributed by atoms with Crippen molar-refractivity contribution < 1.29 is 23.9 Å². The molecule has 9 nitrogen and oxygen atoms in total. The number of ether oxygens (including phenoxy) is 2. The van der Waals surface area contributed by atoms with Gasteiger partial charge in [-0.15, -0.1) is 0 Å². The Morgan fingerprint density at radius 2 is 1.23 bits per heavy atom. The number of esters is 3. The van der Waals surface area contributed by atoms with E-state index < -0.39 is 30.0 Å². The molecule has 0 saturated carbocycles. The first-order chi connectivity index (χ1) is 12.3. The van der Waals surface area contributed by atoms with Crippen LogP contribution < -0.4 is 22.9 Å². The van der Waals surface area contributed by atoms with Crippen LogP contribution in [0, 0.1) is 0 Å². The van der Waals surface area contributed by atoms with Gasteiger partial charge in [0.2, 0.25) is 0 Å². The number of nitrogens with two attached hydrogens (primary N) is 4. The van der Waals surface area contributed by atoms with Crippen LogP contribution in [0.15, 0.2) is 0 Å². The Morgan fingerprint density at radius 1 is 0.769 bits per heavy atom. The van der Waals surface area contributed by atoms with Crippen molar-refractivity contribution in [1.29, 1.82) is 0 Å². The Labute approximate surface area is 159 Å². The molecular formula is C16H30N4O5S. The van der Waals surface area contributed by atoms with Gasteiger partial charge in [0.15, 0.2) is 5.05 Å². The number of unbranched alkanes of at least 4 members (excludes halogenated alkanes) is 2. The molecule has 0 aliphatic carbocycles.